The molecule has 3 aliphatic rings. The van der Waals surface area contributed by atoms with Gasteiger partial charge >= 0.3 is 0 Å². The van der Waals surface area contributed by atoms with E-state index in [1.807, 2.05) is 0 Å². The van der Waals surface area contributed by atoms with Crippen LogP contribution in [0.25, 0.3) is 11.3 Å². The highest BCUT2D eigenvalue weighted by Gasteiger charge is 2.46. The fourth-order valence-corrected chi connectivity index (χ4v) is 4.82. The third-order valence-corrected chi connectivity index (χ3v) is 6.63. The van der Waals surface area contributed by atoms with E-state index in [1.165, 1.54) is 62.4 Å². The van der Waals surface area contributed by atoms with Crippen molar-refractivity contribution in [3.8, 4) is 11.3 Å². The Morgan fingerprint density at radius 1 is 1.04 bits per heavy atom. The summed E-state index contributed by atoms with van der Waals surface area (Å²) in [5.41, 5.74) is 2.70. The van der Waals surface area contributed by atoms with Gasteiger partial charge in [0.05, 0.1) is 17.4 Å². The number of rotatable bonds is 3. The summed E-state index contributed by atoms with van der Waals surface area (Å²) in [6.45, 7) is 5.92. The number of imidazole rings is 1. The Kier molecular flexibility index (Phi) is 3.72. The Bertz CT molecular complexity index is 739. The van der Waals surface area contributed by atoms with Gasteiger partial charge in [-0.1, -0.05) is 30.3 Å². The van der Waals surface area contributed by atoms with E-state index in [1.54, 1.807) is 0 Å². The van der Waals surface area contributed by atoms with Crippen molar-refractivity contribution in [2.24, 2.45) is 5.92 Å². The van der Waals surface area contributed by atoms with Crippen LogP contribution in [0.3, 0.4) is 0 Å². The van der Waals surface area contributed by atoms with Gasteiger partial charge in [0.2, 0.25) is 0 Å². The van der Waals surface area contributed by atoms with Gasteiger partial charge in [0.25, 0.3) is 0 Å². The molecule has 4 heteroatoms. The van der Waals surface area contributed by atoms with Crippen LogP contribution in [0.2, 0.25) is 0 Å². The minimum Gasteiger partial charge on any atom is -0.325 e. The highest BCUT2D eigenvalue weighted by atomic mass is 15.3. The molecule has 25 heavy (non-hydrogen) atoms. The summed E-state index contributed by atoms with van der Waals surface area (Å²) in [7, 11) is 2.30. The summed E-state index contributed by atoms with van der Waals surface area (Å²) in [4.78, 5) is 10.2. The molecule has 3 heterocycles. The van der Waals surface area contributed by atoms with Crippen molar-refractivity contribution in [1.29, 1.82) is 0 Å². The van der Waals surface area contributed by atoms with Crippen LogP contribution < -0.4 is 0 Å². The van der Waals surface area contributed by atoms with Crippen LogP contribution in [0.5, 0.6) is 0 Å². The largest absolute Gasteiger partial charge is 0.325 e. The lowest BCUT2D eigenvalue weighted by Crippen LogP contribution is -2.56. The first-order valence-electron chi connectivity index (χ1n) is 9.81. The minimum atomic E-state index is 0.130. The third kappa shape index (κ3) is 2.63. The average Bonchev–Trinajstić information content (AvgIpc) is 3.36. The smallest absolute Gasteiger partial charge is 0.129 e. The third-order valence-electron chi connectivity index (χ3n) is 6.63. The Balaban J connectivity index is 1.45. The molecule has 0 radical (unpaired) electrons. The monoisotopic (exact) mass is 336 g/mol. The van der Waals surface area contributed by atoms with Gasteiger partial charge in [0.15, 0.2) is 0 Å². The van der Waals surface area contributed by atoms with Crippen molar-refractivity contribution in [2.75, 3.05) is 33.2 Å². The second-order valence-electron chi connectivity index (χ2n) is 8.18. The molecule has 0 N–H and O–H groups in total. The standard InChI is InChI=1S/C21H28N4/c1-23-13-14-25-19(18-5-3-2-4-6-18)15-22-20(25)21(23)9-11-24(12-10-21)16-17-7-8-17/h2-6,15,17H,7-14,16H2,1H3. The molecule has 132 valence electrons. The van der Waals surface area contributed by atoms with Crippen LogP contribution in [0.4, 0.5) is 0 Å². The predicted octanol–water partition coefficient (Wildman–Crippen LogP) is 3.20. The van der Waals surface area contributed by atoms with Gasteiger partial charge in [-0.05, 0) is 44.2 Å². The van der Waals surface area contributed by atoms with Gasteiger partial charge in [-0.25, -0.2) is 4.98 Å². The Morgan fingerprint density at radius 3 is 2.52 bits per heavy atom. The number of likely N-dealkylation sites (tertiary alicyclic amines) is 1. The molecule has 2 aliphatic heterocycles. The van der Waals surface area contributed by atoms with Crippen molar-refractivity contribution >= 4 is 0 Å². The fraction of sp³-hybridized carbons (Fsp3) is 0.571. The molecular formula is C21H28N4. The molecule has 5 rings (SSSR count). The van der Waals surface area contributed by atoms with Gasteiger partial charge in [0, 0.05) is 32.7 Å². The number of nitrogens with zero attached hydrogens (tertiary/aromatic N) is 4. The number of hydrogen-bond donors (Lipinski definition) is 0. The molecule has 1 aromatic carbocycles. The van der Waals surface area contributed by atoms with Crippen molar-refractivity contribution in [2.45, 2.75) is 37.8 Å². The lowest BCUT2D eigenvalue weighted by Gasteiger charge is -2.49. The first-order valence-corrected chi connectivity index (χ1v) is 9.81. The molecule has 0 bridgehead atoms. The van der Waals surface area contributed by atoms with E-state index in [2.05, 4.69) is 57.9 Å². The molecular weight excluding hydrogens is 308 g/mol. The maximum atomic E-state index is 4.96. The average molecular weight is 336 g/mol. The molecule has 2 aromatic rings. The number of likely N-dealkylation sites (N-methyl/N-ethyl adjacent to an activating group) is 1. The zero-order chi connectivity index (χ0) is 16.9. The SMILES string of the molecule is CN1CCn2c(-c3ccccc3)cnc2C12CCN(CC1CC1)CC2. The number of benzene rings is 1. The Morgan fingerprint density at radius 2 is 1.80 bits per heavy atom. The van der Waals surface area contributed by atoms with Crippen LogP contribution in [-0.4, -0.2) is 52.6 Å². The van der Waals surface area contributed by atoms with Gasteiger partial charge in [0.1, 0.15) is 5.82 Å². The van der Waals surface area contributed by atoms with Crippen molar-refractivity contribution in [3.63, 3.8) is 0 Å². The van der Waals surface area contributed by atoms with E-state index in [0.29, 0.717) is 0 Å². The lowest BCUT2D eigenvalue weighted by atomic mass is 9.83. The quantitative estimate of drug-likeness (QED) is 0.860. The van der Waals surface area contributed by atoms with Crippen LogP contribution in [-0.2, 0) is 12.1 Å². The maximum absolute atomic E-state index is 4.96. The number of aromatic nitrogens is 2. The van der Waals surface area contributed by atoms with Gasteiger partial charge < -0.3 is 9.47 Å². The summed E-state index contributed by atoms with van der Waals surface area (Å²) < 4.78 is 2.49. The highest BCUT2D eigenvalue weighted by Crippen LogP contribution is 2.42. The number of fused-ring (bicyclic) bond motifs is 2. The van der Waals surface area contributed by atoms with Crippen LogP contribution >= 0.6 is 0 Å². The van der Waals surface area contributed by atoms with Crippen LogP contribution in [0, 0.1) is 5.92 Å². The summed E-state index contributed by atoms with van der Waals surface area (Å²) in [6.07, 6.45) is 7.42. The van der Waals surface area contributed by atoms with Crippen molar-refractivity contribution in [1.82, 2.24) is 19.4 Å². The number of piperidine rings is 1. The zero-order valence-electron chi connectivity index (χ0n) is 15.2. The summed E-state index contributed by atoms with van der Waals surface area (Å²) >= 11 is 0. The second kappa shape index (κ2) is 5.96. The first-order chi connectivity index (χ1) is 12.3. The minimum absolute atomic E-state index is 0.130. The molecule has 0 atom stereocenters. The normalized spacial score (nSPS) is 23.7. The molecule has 1 aliphatic carbocycles. The molecule has 4 nitrogen and oxygen atoms in total. The van der Waals surface area contributed by atoms with Gasteiger partial charge in [-0.2, -0.15) is 0 Å². The lowest BCUT2D eigenvalue weighted by molar-refractivity contribution is 0.00805. The molecule has 1 saturated carbocycles. The Labute approximate surface area is 150 Å². The van der Waals surface area contributed by atoms with Crippen LogP contribution in [0.1, 0.15) is 31.5 Å². The topological polar surface area (TPSA) is 24.3 Å². The van der Waals surface area contributed by atoms with Crippen LogP contribution in [0.15, 0.2) is 36.5 Å². The van der Waals surface area contributed by atoms with E-state index < -0.39 is 0 Å². The number of hydrogen-bond acceptors (Lipinski definition) is 3. The summed E-state index contributed by atoms with van der Waals surface area (Å²) in [5, 5.41) is 0. The fourth-order valence-electron chi connectivity index (χ4n) is 4.82. The molecule has 1 aromatic heterocycles. The summed E-state index contributed by atoms with van der Waals surface area (Å²) in [6, 6.07) is 10.7. The Hall–Kier alpha value is -1.65. The highest BCUT2D eigenvalue weighted by molar-refractivity contribution is 5.59. The summed E-state index contributed by atoms with van der Waals surface area (Å²) in [5.74, 6) is 2.29. The zero-order valence-corrected chi connectivity index (χ0v) is 15.2. The molecule has 0 unspecified atom stereocenters. The van der Waals surface area contributed by atoms with Gasteiger partial charge in [-0.15, -0.1) is 0 Å². The van der Waals surface area contributed by atoms with E-state index in [0.717, 1.165) is 19.0 Å². The maximum Gasteiger partial charge on any atom is 0.129 e. The molecule has 2 fully saturated rings. The predicted molar refractivity (Wildman–Crippen MR) is 100 cm³/mol. The molecule has 0 amide bonds. The van der Waals surface area contributed by atoms with Crippen molar-refractivity contribution < 1.29 is 0 Å². The molecule has 1 spiro atoms. The van der Waals surface area contributed by atoms with Crippen molar-refractivity contribution in [3.05, 3.63) is 42.4 Å². The molecule has 1 saturated heterocycles. The van der Waals surface area contributed by atoms with E-state index in [9.17, 15) is 0 Å². The van der Waals surface area contributed by atoms with E-state index >= 15 is 0 Å². The van der Waals surface area contributed by atoms with Gasteiger partial charge in [-0.3, -0.25) is 4.90 Å². The second-order valence-corrected chi connectivity index (χ2v) is 8.18. The van der Waals surface area contributed by atoms with E-state index in [4.69, 9.17) is 4.98 Å². The van der Waals surface area contributed by atoms with E-state index in [-0.39, 0.29) is 5.54 Å². The first kappa shape index (κ1) is 15.6.